The molecule has 1 saturated carbocycles. The maximum absolute atomic E-state index is 12.4. The van der Waals surface area contributed by atoms with Crippen molar-refractivity contribution in [3.05, 3.63) is 60.2 Å². The first-order valence-corrected chi connectivity index (χ1v) is 8.77. The Morgan fingerprint density at radius 2 is 1.71 bits per heavy atom. The number of fused-ring (bicyclic) bond motifs is 1. The van der Waals surface area contributed by atoms with E-state index < -0.39 is 0 Å². The van der Waals surface area contributed by atoms with Gasteiger partial charge in [0.05, 0.1) is 5.69 Å². The van der Waals surface area contributed by atoms with E-state index in [1.54, 1.807) is 6.92 Å². The number of ether oxygens (including phenoxy) is 1. The van der Waals surface area contributed by atoms with Gasteiger partial charge in [0.2, 0.25) is 5.91 Å². The molecule has 24 heavy (non-hydrogen) atoms. The van der Waals surface area contributed by atoms with Gasteiger partial charge in [-0.25, -0.2) is 0 Å². The number of amides is 1. The van der Waals surface area contributed by atoms with Crippen molar-refractivity contribution in [2.75, 3.05) is 4.90 Å². The fourth-order valence-corrected chi connectivity index (χ4v) is 4.08. The maximum Gasteiger partial charge on any atom is 0.224 e. The van der Waals surface area contributed by atoms with Gasteiger partial charge in [-0.2, -0.15) is 0 Å². The Hall–Kier alpha value is -2.29. The lowest BCUT2D eigenvalue weighted by molar-refractivity contribution is -0.117. The summed E-state index contributed by atoms with van der Waals surface area (Å²) in [6.07, 6.45) is 2.39. The minimum atomic E-state index is -0.0233. The fourth-order valence-electron chi connectivity index (χ4n) is 4.08. The molecule has 3 heteroatoms. The summed E-state index contributed by atoms with van der Waals surface area (Å²) in [5, 5.41) is 0. The highest BCUT2D eigenvalue weighted by atomic mass is 16.5. The van der Waals surface area contributed by atoms with Gasteiger partial charge < -0.3 is 9.64 Å². The van der Waals surface area contributed by atoms with Crippen LogP contribution in [0.3, 0.4) is 0 Å². The Balaban J connectivity index is 1.78. The van der Waals surface area contributed by atoms with Crippen LogP contribution in [-0.4, -0.2) is 11.9 Å². The summed E-state index contributed by atoms with van der Waals surface area (Å²) < 4.78 is 6.39. The number of para-hydroxylation sites is 2. The summed E-state index contributed by atoms with van der Waals surface area (Å²) in [7, 11) is 0. The third kappa shape index (κ3) is 2.58. The molecule has 3 atom stereocenters. The zero-order chi connectivity index (χ0) is 16.7. The van der Waals surface area contributed by atoms with E-state index >= 15 is 0 Å². The van der Waals surface area contributed by atoms with Crippen molar-refractivity contribution in [3.63, 3.8) is 0 Å². The van der Waals surface area contributed by atoms with Crippen molar-refractivity contribution in [1.29, 1.82) is 0 Å². The molecule has 0 N–H and O–H groups in total. The van der Waals surface area contributed by atoms with Crippen LogP contribution in [0, 0.1) is 11.8 Å². The molecule has 3 nitrogen and oxygen atoms in total. The summed E-state index contributed by atoms with van der Waals surface area (Å²) in [5.41, 5.74) is 2.13. The third-order valence-electron chi connectivity index (χ3n) is 5.27. The first kappa shape index (κ1) is 15.3. The van der Waals surface area contributed by atoms with Gasteiger partial charge in [-0.15, -0.1) is 0 Å². The van der Waals surface area contributed by atoms with Crippen molar-refractivity contribution in [1.82, 2.24) is 0 Å². The maximum atomic E-state index is 12.4. The Morgan fingerprint density at radius 3 is 2.38 bits per heavy atom. The Labute approximate surface area is 143 Å². The van der Waals surface area contributed by atoms with E-state index in [0.717, 1.165) is 17.0 Å². The van der Waals surface area contributed by atoms with E-state index in [4.69, 9.17) is 4.74 Å². The lowest BCUT2D eigenvalue weighted by atomic mass is 9.81. The van der Waals surface area contributed by atoms with Gasteiger partial charge in [-0.1, -0.05) is 43.3 Å². The van der Waals surface area contributed by atoms with Crippen molar-refractivity contribution in [2.45, 2.75) is 38.8 Å². The number of rotatable bonds is 3. The van der Waals surface area contributed by atoms with Gasteiger partial charge in [-0.05, 0) is 37.0 Å². The number of hydrogen-bond acceptors (Lipinski definition) is 2. The molecular weight excluding hydrogens is 298 g/mol. The number of anilines is 1. The highest BCUT2D eigenvalue weighted by Crippen LogP contribution is 2.50. The average molecular weight is 321 g/mol. The molecule has 1 fully saturated rings. The van der Waals surface area contributed by atoms with Gasteiger partial charge in [0.1, 0.15) is 11.9 Å². The zero-order valence-corrected chi connectivity index (χ0v) is 14.2. The predicted molar refractivity (Wildman–Crippen MR) is 95.1 cm³/mol. The highest BCUT2D eigenvalue weighted by molar-refractivity contribution is 5.94. The molecule has 0 saturated heterocycles. The average Bonchev–Trinajstić information content (AvgIpc) is 3.42. The Kier molecular flexibility index (Phi) is 3.79. The molecule has 2 aromatic rings. The first-order chi connectivity index (χ1) is 11.7. The topological polar surface area (TPSA) is 29.5 Å². The second kappa shape index (κ2) is 5.97. The molecule has 4 rings (SSSR count). The quantitative estimate of drug-likeness (QED) is 0.827. The van der Waals surface area contributed by atoms with Gasteiger partial charge in [-0.3, -0.25) is 4.79 Å². The zero-order valence-electron chi connectivity index (χ0n) is 14.2. The van der Waals surface area contributed by atoms with Crippen LogP contribution in [0.2, 0.25) is 0 Å². The number of benzene rings is 2. The van der Waals surface area contributed by atoms with Crippen molar-refractivity contribution in [3.8, 4) is 5.75 Å². The van der Waals surface area contributed by atoms with E-state index in [0.29, 0.717) is 5.92 Å². The molecule has 1 aliphatic carbocycles. The second-order valence-corrected chi connectivity index (χ2v) is 6.99. The third-order valence-corrected chi connectivity index (χ3v) is 5.27. The minimum absolute atomic E-state index is 0.0233. The molecule has 2 aromatic carbocycles. The molecule has 124 valence electrons. The molecule has 1 aliphatic heterocycles. The Morgan fingerprint density at radius 1 is 1.04 bits per heavy atom. The number of carbonyl (C=O) groups excluding carboxylic acids is 1. The molecular formula is C21H23NO2. The second-order valence-electron chi connectivity index (χ2n) is 6.99. The van der Waals surface area contributed by atoms with Crippen LogP contribution in [-0.2, 0) is 4.79 Å². The summed E-state index contributed by atoms with van der Waals surface area (Å²) >= 11 is 0. The molecule has 0 spiro atoms. The molecule has 1 unspecified atom stereocenters. The standard InChI is InChI=1S/C21H23NO2/c1-14-20(16-12-13-16)22(15(2)23)19-11-7-6-10-18(19)21(14)24-17-8-4-3-5-9-17/h3-11,14,16,20-21H,12-13H2,1-2H3/t14-,20?,21+/m0/s1. The first-order valence-electron chi connectivity index (χ1n) is 8.77. The van der Waals surface area contributed by atoms with Crippen LogP contribution in [0.5, 0.6) is 5.75 Å². The van der Waals surface area contributed by atoms with Crippen molar-refractivity contribution < 1.29 is 9.53 Å². The summed E-state index contributed by atoms with van der Waals surface area (Å²) in [6, 6.07) is 18.4. The van der Waals surface area contributed by atoms with Crippen molar-refractivity contribution in [2.24, 2.45) is 11.8 Å². The monoisotopic (exact) mass is 321 g/mol. The molecule has 0 aromatic heterocycles. The van der Waals surface area contributed by atoms with Gasteiger partial charge in [0.25, 0.3) is 0 Å². The Bertz CT molecular complexity index is 739. The van der Waals surface area contributed by atoms with E-state index in [2.05, 4.69) is 19.1 Å². The number of carbonyl (C=O) groups is 1. The van der Waals surface area contributed by atoms with Crippen LogP contribution in [0.1, 0.15) is 38.4 Å². The summed E-state index contributed by atoms with van der Waals surface area (Å²) in [6.45, 7) is 3.90. The highest BCUT2D eigenvalue weighted by Gasteiger charge is 2.48. The fraction of sp³-hybridized carbons (Fsp3) is 0.381. The van der Waals surface area contributed by atoms with Gasteiger partial charge in [0, 0.05) is 24.4 Å². The molecule has 2 aliphatic rings. The molecule has 1 heterocycles. The van der Waals surface area contributed by atoms with E-state index in [1.165, 1.54) is 12.8 Å². The largest absolute Gasteiger partial charge is 0.485 e. The van der Waals surface area contributed by atoms with Crippen molar-refractivity contribution >= 4 is 11.6 Å². The van der Waals surface area contributed by atoms with Crippen LogP contribution < -0.4 is 9.64 Å². The molecule has 0 radical (unpaired) electrons. The predicted octanol–water partition coefficient (Wildman–Crippen LogP) is 4.59. The van der Waals surface area contributed by atoms with Crippen LogP contribution in [0.25, 0.3) is 0 Å². The minimum Gasteiger partial charge on any atom is -0.485 e. The van der Waals surface area contributed by atoms with E-state index in [9.17, 15) is 4.79 Å². The van der Waals surface area contributed by atoms with E-state index in [1.807, 2.05) is 47.4 Å². The lowest BCUT2D eigenvalue weighted by Crippen LogP contribution is -2.50. The SMILES string of the molecule is CC(=O)N1c2ccccc2[C@H](Oc2ccccc2)[C@@H](C)C1C1CC1. The summed E-state index contributed by atoms with van der Waals surface area (Å²) in [4.78, 5) is 14.4. The van der Waals surface area contributed by atoms with Gasteiger partial charge >= 0.3 is 0 Å². The van der Waals surface area contributed by atoms with Crippen LogP contribution in [0.15, 0.2) is 54.6 Å². The smallest absolute Gasteiger partial charge is 0.224 e. The summed E-state index contributed by atoms with van der Waals surface area (Å²) in [5.74, 6) is 1.87. The molecule has 1 amide bonds. The number of nitrogens with zero attached hydrogens (tertiary/aromatic N) is 1. The molecule has 0 bridgehead atoms. The van der Waals surface area contributed by atoms with E-state index in [-0.39, 0.29) is 24.0 Å². The van der Waals surface area contributed by atoms with Crippen LogP contribution in [0.4, 0.5) is 5.69 Å². The van der Waals surface area contributed by atoms with Crippen LogP contribution >= 0.6 is 0 Å². The normalized spacial score (nSPS) is 25.9. The number of hydrogen-bond donors (Lipinski definition) is 0. The van der Waals surface area contributed by atoms with Gasteiger partial charge in [0.15, 0.2) is 0 Å². The lowest BCUT2D eigenvalue weighted by Gasteiger charge is -2.45.